The number of nitrogens with one attached hydrogen (secondary N) is 3. The lowest BCUT2D eigenvalue weighted by atomic mass is 10.2. The largest absolute Gasteiger partial charge is 0.393 e. The van der Waals surface area contributed by atoms with E-state index in [9.17, 15) is 8.42 Å². The molecule has 0 atom stereocenters. The van der Waals surface area contributed by atoms with Crippen LogP contribution in [0, 0.1) is 13.8 Å². The van der Waals surface area contributed by atoms with Crippen molar-refractivity contribution in [1.29, 1.82) is 0 Å². The van der Waals surface area contributed by atoms with Crippen molar-refractivity contribution in [2.45, 2.75) is 18.7 Å². The zero-order valence-corrected chi connectivity index (χ0v) is 15.6. The van der Waals surface area contributed by atoms with Crippen molar-refractivity contribution in [3.63, 3.8) is 0 Å². The summed E-state index contributed by atoms with van der Waals surface area (Å²) in [4.78, 5) is 14.7. The van der Waals surface area contributed by atoms with E-state index in [1.807, 2.05) is 26.0 Å². The molecular formula is C17H19N7O2S. The van der Waals surface area contributed by atoms with Gasteiger partial charge in [0.1, 0.15) is 17.8 Å². The molecule has 0 aliphatic heterocycles. The van der Waals surface area contributed by atoms with Gasteiger partial charge < -0.3 is 11.1 Å². The summed E-state index contributed by atoms with van der Waals surface area (Å²) in [7, 11) is -3.78. The number of hydrogen-bond acceptors (Lipinski definition) is 8. The summed E-state index contributed by atoms with van der Waals surface area (Å²) in [5.74, 6) is 1.02. The Kier molecular flexibility index (Phi) is 5.19. The van der Waals surface area contributed by atoms with Crippen LogP contribution in [0.25, 0.3) is 0 Å². The van der Waals surface area contributed by atoms with Gasteiger partial charge in [-0.3, -0.25) is 5.43 Å². The van der Waals surface area contributed by atoms with Gasteiger partial charge in [0.2, 0.25) is 0 Å². The first-order valence-electron chi connectivity index (χ1n) is 8.00. The third-order valence-corrected chi connectivity index (χ3v) is 5.03. The fraction of sp³-hybridized carbons (Fsp3) is 0.118. The topological polar surface area (TPSA) is 135 Å². The lowest BCUT2D eigenvalue weighted by Gasteiger charge is -2.14. The Morgan fingerprint density at radius 2 is 1.63 bits per heavy atom. The van der Waals surface area contributed by atoms with Crippen LogP contribution in [0.5, 0.6) is 0 Å². The molecule has 10 heteroatoms. The number of anilines is 4. The van der Waals surface area contributed by atoms with E-state index in [2.05, 4.69) is 30.5 Å². The number of benzene rings is 1. The van der Waals surface area contributed by atoms with Gasteiger partial charge in [-0.05, 0) is 37.6 Å². The van der Waals surface area contributed by atoms with Gasteiger partial charge in [-0.25, -0.2) is 23.4 Å². The van der Waals surface area contributed by atoms with Crippen LogP contribution in [0.15, 0.2) is 53.8 Å². The zero-order chi connectivity index (χ0) is 19.4. The van der Waals surface area contributed by atoms with E-state index in [0.717, 1.165) is 11.1 Å². The molecule has 0 radical (unpaired) electrons. The Morgan fingerprint density at radius 1 is 0.926 bits per heavy atom. The van der Waals surface area contributed by atoms with Crippen molar-refractivity contribution < 1.29 is 8.42 Å². The number of nitrogen functional groups attached to an aromatic ring is 1. The predicted molar refractivity (Wildman–Crippen MR) is 104 cm³/mol. The minimum absolute atomic E-state index is 0.121. The van der Waals surface area contributed by atoms with Gasteiger partial charge in [-0.15, -0.1) is 4.83 Å². The Labute approximate surface area is 157 Å². The van der Waals surface area contributed by atoms with Crippen molar-refractivity contribution in [2.24, 2.45) is 0 Å². The molecule has 0 aliphatic carbocycles. The number of hydrogen-bond donors (Lipinski definition) is 4. The highest BCUT2D eigenvalue weighted by Gasteiger charge is 2.16. The van der Waals surface area contributed by atoms with Gasteiger partial charge in [-0.2, -0.15) is 0 Å². The Hall–Kier alpha value is -3.24. The average molecular weight is 385 g/mol. The van der Waals surface area contributed by atoms with Crippen molar-refractivity contribution in [3.05, 3.63) is 60.0 Å². The second-order valence-electron chi connectivity index (χ2n) is 5.82. The fourth-order valence-corrected chi connectivity index (χ4v) is 3.06. The number of aryl methyl sites for hydroxylation is 2. The maximum atomic E-state index is 12.4. The summed E-state index contributed by atoms with van der Waals surface area (Å²) in [6.45, 7) is 3.77. The average Bonchev–Trinajstić information content (AvgIpc) is 2.64. The normalized spacial score (nSPS) is 11.2. The van der Waals surface area contributed by atoms with Crippen LogP contribution in [0.1, 0.15) is 11.1 Å². The maximum absolute atomic E-state index is 12.4. The SMILES string of the molecule is Cc1ccc(S(=O)(=O)NNc2ncnc(Nc3ncccc3C)c2N)cc1. The monoisotopic (exact) mass is 385 g/mol. The summed E-state index contributed by atoms with van der Waals surface area (Å²) in [6, 6.07) is 10.2. The van der Waals surface area contributed by atoms with E-state index < -0.39 is 10.0 Å². The molecule has 0 unspecified atom stereocenters. The molecule has 3 rings (SSSR count). The van der Waals surface area contributed by atoms with Crippen LogP contribution in [-0.2, 0) is 10.0 Å². The molecule has 3 aromatic rings. The second-order valence-corrected chi connectivity index (χ2v) is 7.50. The lowest BCUT2D eigenvalue weighted by Crippen LogP contribution is -2.30. The third kappa shape index (κ3) is 4.30. The molecule has 2 aromatic heterocycles. The van der Waals surface area contributed by atoms with Crippen molar-refractivity contribution >= 4 is 33.2 Å². The summed E-state index contributed by atoms with van der Waals surface area (Å²) < 4.78 is 24.7. The third-order valence-electron chi connectivity index (χ3n) is 3.77. The van der Waals surface area contributed by atoms with E-state index in [4.69, 9.17) is 5.73 Å². The van der Waals surface area contributed by atoms with Crippen LogP contribution >= 0.6 is 0 Å². The number of pyridine rings is 1. The van der Waals surface area contributed by atoms with Crippen LogP contribution in [0.4, 0.5) is 23.1 Å². The zero-order valence-electron chi connectivity index (χ0n) is 14.8. The van der Waals surface area contributed by atoms with E-state index in [-0.39, 0.29) is 16.4 Å². The number of nitrogens with zero attached hydrogens (tertiary/aromatic N) is 3. The van der Waals surface area contributed by atoms with Crippen LogP contribution in [-0.4, -0.2) is 23.4 Å². The van der Waals surface area contributed by atoms with E-state index in [1.165, 1.54) is 18.5 Å². The molecule has 5 N–H and O–H groups in total. The lowest BCUT2D eigenvalue weighted by molar-refractivity contribution is 0.587. The van der Waals surface area contributed by atoms with E-state index in [0.29, 0.717) is 11.6 Å². The predicted octanol–water partition coefficient (Wildman–Crippen LogP) is 2.12. The minimum atomic E-state index is -3.78. The molecule has 0 saturated carbocycles. The molecule has 0 amide bonds. The first-order valence-corrected chi connectivity index (χ1v) is 9.49. The van der Waals surface area contributed by atoms with Gasteiger partial charge in [0.05, 0.1) is 4.90 Å². The number of hydrazine groups is 1. The van der Waals surface area contributed by atoms with Gasteiger partial charge in [0, 0.05) is 6.20 Å². The first-order chi connectivity index (χ1) is 12.9. The highest BCUT2D eigenvalue weighted by molar-refractivity contribution is 7.89. The number of aromatic nitrogens is 3. The summed E-state index contributed by atoms with van der Waals surface area (Å²) in [5, 5.41) is 3.01. The van der Waals surface area contributed by atoms with E-state index in [1.54, 1.807) is 18.3 Å². The van der Waals surface area contributed by atoms with Gasteiger partial charge >= 0.3 is 0 Å². The quantitative estimate of drug-likeness (QED) is 0.474. The maximum Gasteiger partial charge on any atom is 0.257 e. The minimum Gasteiger partial charge on any atom is -0.393 e. The number of sulfonamides is 1. The first kappa shape index (κ1) is 18.5. The summed E-state index contributed by atoms with van der Waals surface area (Å²) in [5.41, 5.74) is 10.6. The van der Waals surface area contributed by atoms with Crippen molar-refractivity contribution in [2.75, 3.05) is 16.5 Å². The fourth-order valence-electron chi connectivity index (χ4n) is 2.22. The Balaban J connectivity index is 1.78. The van der Waals surface area contributed by atoms with Gasteiger partial charge in [0.25, 0.3) is 10.0 Å². The molecule has 2 heterocycles. The molecule has 0 fully saturated rings. The second kappa shape index (κ2) is 7.56. The summed E-state index contributed by atoms with van der Waals surface area (Å²) >= 11 is 0. The molecule has 140 valence electrons. The highest BCUT2D eigenvalue weighted by atomic mass is 32.2. The van der Waals surface area contributed by atoms with Crippen LogP contribution in [0.2, 0.25) is 0 Å². The van der Waals surface area contributed by atoms with Crippen molar-refractivity contribution in [3.8, 4) is 0 Å². The van der Waals surface area contributed by atoms with Crippen LogP contribution < -0.4 is 21.3 Å². The molecular weight excluding hydrogens is 366 g/mol. The smallest absolute Gasteiger partial charge is 0.257 e. The summed E-state index contributed by atoms with van der Waals surface area (Å²) in [6.07, 6.45) is 2.90. The Morgan fingerprint density at radius 3 is 2.33 bits per heavy atom. The molecule has 1 aromatic carbocycles. The Bertz CT molecular complexity index is 1050. The number of rotatable bonds is 6. The highest BCUT2D eigenvalue weighted by Crippen LogP contribution is 2.25. The molecule has 27 heavy (non-hydrogen) atoms. The molecule has 0 spiro atoms. The molecule has 0 saturated heterocycles. The van der Waals surface area contributed by atoms with Crippen molar-refractivity contribution in [1.82, 2.24) is 19.8 Å². The standard InChI is InChI=1S/C17H19N7O2S/c1-11-5-7-13(8-6-11)27(25,26)24-23-17-14(18)16(20-10-21-17)22-15-12(2)4-3-9-19-15/h3-10,24H,18H2,1-2H3,(H2,19,20,21,22,23). The number of nitrogens with two attached hydrogens (primary N) is 1. The van der Waals surface area contributed by atoms with E-state index >= 15 is 0 Å². The van der Waals surface area contributed by atoms with Gasteiger partial charge in [-0.1, -0.05) is 23.8 Å². The van der Waals surface area contributed by atoms with Gasteiger partial charge in [0.15, 0.2) is 11.6 Å². The molecule has 0 aliphatic rings. The molecule has 9 nitrogen and oxygen atoms in total. The van der Waals surface area contributed by atoms with Crippen LogP contribution in [0.3, 0.4) is 0 Å². The molecule has 0 bridgehead atoms.